The van der Waals surface area contributed by atoms with Crippen molar-refractivity contribution in [3.05, 3.63) is 92.6 Å². The van der Waals surface area contributed by atoms with E-state index in [1.54, 1.807) is 30.5 Å². The molecule has 0 saturated carbocycles. The number of benzene rings is 1. The molecule has 6 nitrogen and oxygen atoms in total. The van der Waals surface area contributed by atoms with Gasteiger partial charge in [-0.1, -0.05) is 112 Å². The van der Waals surface area contributed by atoms with Crippen molar-refractivity contribution in [3.63, 3.8) is 0 Å². The second kappa shape index (κ2) is 27.2. The van der Waals surface area contributed by atoms with Crippen LogP contribution in [0.1, 0.15) is 162 Å². The molecule has 0 bridgehead atoms. The van der Waals surface area contributed by atoms with Gasteiger partial charge < -0.3 is 9.80 Å². The highest BCUT2D eigenvalue weighted by Gasteiger charge is 2.30. The van der Waals surface area contributed by atoms with Gasteiger partial charge in [0.15, 0.2) is 5.78 Å². The molecule has 0 N–H and O–H groups in total. The summed E-state index contributed by atoms with van der Waals surface area (Å²) in [6.45, 7) is 26.0. The van der Waals surface area contributed by atoms with Crippen LogP contribution < -0.4 is 0 Å². The number of aryl methyl sites for hydroxylation is 2. The maximum atomic E-state index is 12.9. The van der Waals surface area contributed by atoms with Crippen LogP contribution in [0.15, 0.2) is 54.2 Å². The molecule has 1 aliphatic heterocycles. The van der Waals surface area contributed by atoms with E-state index in [1.165, 1.54) is 76.7 Å². The fraction of sp³-hybridized carbons (Fsp3) is 0.578. The summed E-state index contributed by atoms with van der Waals surface area (Å²) in [6, 6.07) is 9.38. The van der Waals surface area contributed by atoms with Crippen LogP contribution in [0.3, 0.4) is 0 Å². The molecule has 0 spiro atoms. The van der Waals surface area contributed by atoms with Gasteiger partial charge in [-0.2, -0.15) is 13.2 Å². The van der Waals surface area contributed by atoms with Crippen molar-refractivity contribution in [1.29, 1.82) is 0 Å². The van der Waals surface area contributed by atoms with Crippen molar-refractivity contribution in [2.45, 2.75) is 146 Å². The normalized spacial score (nSPS) is 11.9. The average molecular weight is 787 g/mol. The SMILES string of the molecule is CC(=O)c1csc2c1CCN(C(=O)c1cnc3ccc(C)cn13)C2.CCCC.CCCC.CCCN(CCC)CCC.CCCc1cccc(C(F)(F)F)c1. The van der Waals surface area contributed by atoms with E-state index in [0.29, 0.717) is 25.2 Å². The third kappa shape index (κ3) is 17.5. The first-order valence-electron chi connectivity index (χ1n) is 20.5. The lowest BCUT2D eigenvalue weighted by Gasteiger charge is -2.27. The lowest BCUT2D eigenvalue weighted by molar-refractivity contribution is -0.137. The maximum Gasteiger partial charge on any atom is 0.416 e. The van der Waals surface area contributed by atoms with Crippen molar-refractivity contribution in [2.24, 2.45) is 0 Å². The molecule has 0 saturated heterocycles. The summed E-state index contributed by atoms with van der Waals surface area (Å²) < 4.78 is 38.5. The molecule has 0 unspecified atom stereocenters. The number of alkyl halides is 3. The summed E-state index contributed by atoms with van der Waals surface area (Å²) in [5.41, 5.74) is 4.56. The van der Waals surface area contributed by atoms with Crippen molar-refractivity contribution in [2.75, 3.05) is 26.2 Å². The minimum atomic E-state index is -4.22. The van der Waals surface area contributed by atoms with E-state index in [9.17, 15) is 22.8 Å². The number of halogens is 3. The van der Waals surface area contributed by atoms with E-state index >= 15 is 0 Å². The van der Waals surface area contributed by atoms with E-state index < -0.39 is 11.7 Å². The molecule has 10 heteroatoms. The summed E-state index contributed by atoms with van der Waals surface area (Å²) in [5.74, 6) is 0.0843. The minimum absolute atomic E-state index is 0.0171. The Kier molecular flexibility index (Phi) is 24.5. The lowest BCUT2D eigenvalue weighted by atomic mass is 10.0. The second-order valence-electron chi connectivity index (χ2n) is 14.0. The van der Waals surface area contributed by atoms with Gasteiger partial charge in [0.25, 0.3) is 5.91 Å². The highest BCUT2D eigenvalue weighted by atomic mass is 32.1. The van der Waals surface area contributed by atoms with Gasteiger partial charge in [-0.15, -0.1) is 11.3 Å². The number of nitrogens with zero attached hydrogens (tertiary/aromatic N) is 4. The zero-order chi connectivity index (χ0) is 41.4. The smallest absolute Gasteiger partial charge is 0.332 e. The highest BCUT2D eigenvalue weighted by molar-refractivity contribution is 7.10. The molecule has 0 radical (unpaired) electrons. The molecule has 55 heavy (non-hydrogen) atoms. The van der Waals surface area contributed by atoms with Crippen LogP contribution in [0.5, 0.6) is 0 Å². The number of hydrogen-bond donors (Lipinski definition) is 0. The Morgan fingerprint density at radius 2 is 1.44 bits per heavy atom. The number of carbonyl (C=O) groups excluding carboxylic acids is 2. The van der Waals surface area contributed by atoms with Crippen LogP contribution >= 0.6 is 11.3 Å². The molecule has 1 aromatic carbocycles. The van der Waals surface area contributed by atoms with E-state index in [1.807, 2.05) is 46.9 Å². The van der Waals surface area contributed by atoms with Gasteiger partial charge >= 0.3 is 6.18 Å². The molecule has 0 aliphatic carbocycles. The van der Waals surface area contributed by atoms with E-state index in [-0.39, 0.29) is 11.7 Å². The van der Waals surface area contributed by atoms with Crippen LogP contribution in [0.25, 0.3) is 5.65 Å². The van der Waals surface area contributed by atoms with Crippen molar-refractivity contribution in [1.82, 2.24) is 19.2 Å². The quantitative estimate of drug-likeness (QED) is 0.134. The Bertz CT molecular complexity index is 1640. The number of Topliss-reactive ketones (excluding diaryl/α,β-unsaturated/α-hetero) is 1. The number of rotatable bonds is 12. The summed E-state index contributed by atoms with van der Waals surface area (Å²) in [6.07, 6.45) is 10.8. The Balaban J connectivity index is 0.000000412. The molecule has 1 aliphatic rings. The standard InChI is InChI=1S/C18H17N3O2S.C10H11F3.C9H21N.2C4H10/c1-11-3-4-17-19-7-15(21(17)8-11)18(23)20-6-5-13-14(12(2)22)10-24-16(13)9-20;1-2-4-8-5-3-6-9(7-8)10(11,12)13;1-4-7-10(8-5-2)9-6-3;2*1-3-4-2/h3-4,7-8,10H,5-6,9H2,1-2H3;3,5-7H,2,4H2,1H3;4-9H2,1-3H3;2*3-4H2,1-2H3. The van der Waals surface area contributed by atoms with Gasteiger partial charge in [-0.05, 0) is 94.4 Å². The van der Waals surface area contributed by atoms with Gasteiger partial charge in [0, 0.05) is 28.6 Å². The topological polar surface area (TPSA) is 57.9 Å². The zero-order valence-electron chi connectivity index (χ0n) is 35.5. The third-order valence-corrected chi connectivity index (χ3v) is 9.91. The minimum Gasteiger partial charge on any atom is -0.332 e. The molecule has 5 rings (SSSR count). The molecular formula is C45H69F3N4O2S. The van der Waals surface area contributed by atoms with Gasteiger partial charge in [-0.25, -0.2) is 4.98 Å². The van der Waals surface area contributed by atoms with Gasteiger partial charge in [0.05, 0.1) is 18.3 Å². The molecule has 4 aromatic rings. The molecule has 0 fully saturated rings. The highest BCUT2D eigenvalue weighted by Crippen LogP contribution is 2.31. The number of carbonyl (C=O) groups is 2. The van der Waals surface area contributed by atoms with Gasteiger partial charge in [-0.3, -0.25) is 14.0 Å². The van der Waals surface area contributed by atoms with Crippen LogP contribution in [-0.2, 0) is 25.6 Å². The van der Waals surface area contributed by atoms with E-state index in [2.05, 4.69) is 58.4 Å². The van der Waals surface area contributed by atoms with Crippen LogP contribution in [0, 0.1) is 6.92 Å². The van der Waals surface area contributed by atoms with Crippen molar-refractivity contribution >= 4 is 28.7 Å². The van der Waals surface area contributed by atoms with Crippen LogP contribution in [-0.4, -0.2) is 57.1 Å². The summed E-state index contributed by atoms with van der Waals surface area (Å²) in [7, 11) is 0. The fourth-order valence-electron chi connectivity index (χ4n) is 5.68. The number of pyridine rings is 1. The number of imidazole rings is 1. The number of aromatic nitrogens is 2. The first-order valence-corrected chi connectivity index (χ1v) is 21.4. The number of ketones is 1. The molecule has 1 amide bonds. The average Bonchev–Trinajstić information content (AvgIpc) is 3.80. The molecular weight excluding hydrogens is 718 g/mol. The van der Waals surface area contributed by atoms with Crippen LogP contribution in [0.2, 0.25) is 0 Å². The Morgan fingerprint density at radius 1 is 0.836 bits per heavy atom. The lowest BCUT2D eigenvalue weighted by Crippen LogP contribution is -2.36. The first-order chi connectivity index (χ1) is 26.3. The summed E-state index contributed by atoms with van der Waals surface area (Å²) in [4.78, 5) is 34.4. The number of unbranched alkanes of at least 4 members (excludes halogenated alkanes) is 2. The fourth-order valence-corrected chi connectivity index (χ4v) is 6.83. The first kappa shape index (κ1) is 49.5. The van der Waals surface area contributed by atoms with Crippen molar-refractivity contribution < 1.29 is 22.8 Å². The predicted molar refractivity (Wildman–Crippen MR) is 227 cm³/mol. The molecule has 4 heterocycles. The molecule has 0 atom stereocenters. The molecule has 3 aromatic heterocycles. The van der Waals surface area contributed by atoms with E-state index in [4.69, 9.17) is 0 Å². The largest absolute Gasteiger partial charge is 0.416 e. The zero-order valence-corrected chi connectivity index (χ0v) is 36.3. The number of fused-ring (bicyclic) bond motifs is 2. The molecule has 308 valence electrons. The third-order valence-electron chi connectivity index (χ3n) is 8.90. The monoisotopic (exact) mass is 787 g/mol. The Hall–Kier alpha value is -3.50. The maximum absolute atomic E-state index is 12.9. The Morgan fingerprint density at radius 3 is 1.95 bits per heavy atom. The number of thiophene rings is 1. The predicted octanol–water partition coefficient (Wildman–Crippen LogP) is 12.9. The number of hydrogen-bond acceptors (Lipinski definition) is 5. The Labute approximate surface area is 334 Å². The van der Waals surface area contributed by atoms with E-state index in [0.717, 1.165) is 51.7 Å². The summed E-state index contributed by atoms with van der Waals surface area (Å²) >= 11 is 1.57. The second-order valence-corrected chi connectivity index (χ2v) is 14.9. The van der Waals surface area contributed by atoms with Gasteiger partial charge in [0.2, 0.25) is 0 Å². The number of amides is 1. The van der Waals surface area contributed by atoms with Gasteiger partial charge in [0.1, 0.15) is 11.3 Å². The van der Waals surface area contributed by atoms with Crippen LogP contribution in [0.4, 0.5) is 13.2 Å². The summed E-state index contributed by atoms with van der Waals surface area (Å²) in [5, 5.41) is 1.92. The van der Waals surface area contributed by atoms with Crippen molar-refractivity contribution in [3.8, 4) is 0 Å².